The van der Waals surface area contributed by atoms with E-state index in [0.717, 1.165) is 30.5 Å². The van der Waals surface area contributed by atoms with Gasteiger partial charge in [-0.3, -0.25) is 4.90 Å². The molecule has 100 valence electrons. The van der Waals surface area contributed by atoms with Crippen LogP contribution in [0.5, 0.6) is 0 Å². The van der Waals surface area contributed by atoms with E-state index >= 15 is 0 Å². The first-order valence-corrected chi connectivity index (χ1v) is 7.16. The molecule has 0 saturated carbocycles. The quantitative estimate of drug-likeness (QED) is 0.896. The Morgan fingerprint density at radius 3 is 2.72 bits per heavy atom. The molecule has 1 fully saturated rings. The minimum Gasteiger partial charge on any atom is -0.388 e. The van der Waals surface area contributed by atoms with E-state index in [-0.39, 0.29) is 6.04 Å². The zero-order valence-corrected chi connectivity index (χ0v) is 12.6. The third-order valence-corrected chi connectivity index (χ3v) is 4.27. The van der Waals surface area contributed by atoms with Crippen LogP contribution >= 0.6 is 15.9 Å². The normalized spacial score (nSPS) is 28.6. The van der Waals surface area contributed by atoms with E-state index in [9.17, 15) is 5.11 Å². The van der Waals surface area contributed by atoms with Crippen molar-refractivity contribution in [3.8, 4) is 0 Å². The Labute approximate surface area is 117 Å². The van der Waals surface area contributed by atoms with Crippen molar-refractivity contribution in [3.05, 3.63) is 34.3 Å². The van der Waals surface area contributed by atoms with E-state index in [2.05, 4.69) is 57.5 Å². The summed E-state index contributed by atoms with van der Waals surface area (Å²) in [7, 11) is 2.08. The molecular formula is C14H21BrN2O. The molecule has 1 aromatic carbocycles. The lowest BCUT2D eigenvalue weighted by molar-refractivity contribution is -0.0473. The number of hydrogen-bond acceptors (Lipinski definition) is 3. The zero-order valence-electron chi connectivity index (χ0n) is 11.0. The van der Waals surface area contributed by atoms with Crippen molar-refractivity contribution in [2.75, 3.05) is 20.1 Å². The maximum Gasteiger partial charge on any atom is 0.0798 e. The van der Waals surface area contributed by atoms with Crippen molar-refractivity contribution in [2.45, 2.75) is 31.5 Å². The van der Waals surface area contributed by atoms with E-state index in [1.54, 1.807) is 0 Å². The number of likely N-dealkylation sites (N-methyl/N-ethyl adjacent to an activating group) is 1. The molecule has 18 heavy (non-hydrogen) atoms. The number of nitrogens with zero attached hydrogens (tertiary/aromatic N) is 1. The average molecular weight is 313 g/mol. The molecule has 1 aliphatic heterocycles. The van der Waals surface area contributed by atoms with E-state index in [1.165, 1.54) is 5.56 Å². The highest BCUT2D eigenvalue weighted by Gasteiger charge is 2.36. The topological polar surface area (TPSA) is 35.5 Å². The third-order valence-electron chi connectivity index (χ3n) is 3.74. The molecule has 1 saturated heterocycles. The summed E-state index contributed by atoms with van der Waals surface area (Å²) in [6, 6.07) is 8.51. The second kappa shape index (κ2) is 5.70. The maximum absolute atomic E-state index is 10.4. The maximum atomic E-state index is 10.4. The highest BCUT2D eigenvalue weighted by molar-refractivity contribution is 9.10. The van der Waals surface area contributed by atoms with Crippen LogP contribution < -0.4 is 5.32 Å². The number of halogens is 1. The molecule has 0 aliphatic carbocycles. The minimum absolute atomic E-state index is 0.162. The van der Waals surface area contributed by atoms with Crippen LogP contribution in [0.25, 0.3) is 0 Å². The second-order valence-corrected chi connectivity index (χ2v) is 6.28. The van der Waals surface area contributed by atoms with Gasteiger partial charge in [0.15, 0.2) is 0 Å². The molecule has 1 aromatic rings. The highest BCUT2D eigenvalue weighted by Crippen LogP contribution is 2.23. The first-order valence-electron chi connectivity index (χ1n) is 6.37. The van der Waals surface area contributed by atoms with Gasteiger partial charge in [0.1, 0.15) is 0 Å². The van der Waals surface area contributed by atoms with Crippen LogP contribution in [0.3, 0.4) is 0 Å². The molecule has 3 nitrogen and oxygen atoms in total. The lowest BCUT2D eigenvalue weighted by Crippen LogP contribution is -2.59. The lowest BCUT2D eigenvalue weighted by atomic mass is 9.88. The van der Waals surface area contributed by atoms with Gasteiger partial charge in [0.25, 0.3) is 0 Å². The minimum atomic E-state index is -0.602. The summed E-state index contributed by atoms with van der Waals surface area (Å²) in [4.78, 5) is 2.23. The molecule has 1 heterocycles. The molecule has 2 N–H and O–H groups in total. The Balaban J connectivity index is 2.02. The Morgan fingerprint density at radius 1 is 1.44 bits per heavy atom. The van der Waals surface area contributed by atoms with Crippen LogP contribution in [-0.2, 0) is 6.54 Å². The van der Waals surface area contributed by atoms with Crippen LogP contribution in [0.2, 0.25) is 0 Å². The van der Waals surface area contributed by atoms with Gasteiger partial charge in [0, 0.05) is 17.6 Å². The first-order chi connectivity index (χ1) is 8.49. The Bertz CT molecular complexity index is 391. The van der Waals surface area contributed by atoms with E-state index in [0.29, 0.717) is 0 Å². The molecule has 0 amide bonds. The summed E-state index contributed by atoms with van der Waals surface area (Å²) >= 11 is 3.44. The lowest BCUT2D eigenvalue weighted by Gasteiger charge is -2.42. The zero-order chi connectivity index (χ0) is 13.2. The van der Waals surface area contributed by atoms with Crippen LogP contribution in [0.15, 0.2) is 28.7 Å². The van der Waals surface area contributed by atoms with Gasteiger partial charge in [0.05, 0.1) is 11.6 Å². The molecule has 4 heteroatoms. The highest BCUT2D eigenvalue weighted by atomic mass is 79.9. The van der Waals surface area contributed by atoms with Crippen molar-refractivity contribution >= 4 is 15.9 Å². The number of benzene rings is 1. The van der Waals surface area contributed by atoms with Gasteiger partial charge in [-0.25, -0.2) is 0 Å². The smallest absolute Gasteiger partial charge is 0.0798 e. The molecule has 0 radical (unpaired) electrons. The van der Waals surface area contributed by atoms with Gasteiger partial charge >= 0.3 is 0 Å². The molecule has 2 unspecified atom stereocenters. The van der Waals surface area contributed by atoms with E-state index in [1.807, 2.05) is 6.92 Å². The van der Waals surface area contributed by atoms with Gasteiger partial charge in [0.2, 0.25) is 0 Å². The number of piperidine rings is 1. The number of hydrogen-bond donors (Lipinski definition) is 2. The van der Waals surface area contributed by atoms with Crippen LogP contribution in [0, 0.1) is 0 Å². The number of nitrogens with one attached hydrogen (secondary N) is 1. The van der Waals surface area contributed by atoms with Gasteiger partial charge in [-0.2, -0.15) is 0 Å². The largest absolute Gasteiger partial charge is 0.388 e. The fourth-order valence-electron chi connectivity index (χ4n) is 2.59. The molecule has 0 aromatic heterocycles. The number of rotatable bonds is 3. The van der Waals surface area contributed by atoms with Crippen molar-refractivity contribution in [1.82, 2.24) is 10.2 Å². The van der Waals surface area contributed by atoms with Gasteiger partial charge < -0.3 is 10.4 Å². The number of aliphatic hydroxyl groups is 1. The Morgan fingerprint density at radius 2 is 2.11 bits per heavy atom. The summed E-state index contributed by atoms with van der Waals surface area (Å²) < 4.78 is 1.10. The van der Waals surface area contributed by atoms with Crippen molar-refractivity contribution in [2.24, 2.45) is 0 Å². The predicted octanol–water partition coefficient (Wildman–Crippen LogP) is 1.99. The van der Waals surface area contributed by atoms with E-state index < -0.39 is 5.60 Å². The molecule has 2 rings (SSSR count). The second-order valence-electron chi connectivity index (χ2n) is 5.37. The average Bonchev–Trinajstić information content (AvgIpc) is 2.31. The standard InChI is InChI=1S/C14H21BrN2O/c1-14(18)7-8-16-9-13(14)17(2)10-11-3-5-12(15)6-4-11/h3-6,13,16,18H,7-10H2,1-2H3. The first kappa shape index (κ1) is 14.0. The summed E-state index contributed by atoms with van der Waals surface area (Å²) in [5.74, 6) is 0. The van der Waals surface area contributed by atoms with Crippen LogP contribution in [0.1, 0.15) is 18.9 Å². The molecule has 0 spiro atoms. The van der Waals surface area contributed by atoms with Crippen LogP contribution in [-0.4, -0.2) is 41.8 Å². The van der Waals surface area contributed by atoms with E-state index in [4.69, 9.17) is 0 Å². The molecule has 2 atom stereocenters. The summed E-state index contributed by atoms with van der Waals surface area (Å²) in [5.41, 5.74) is 0.664. The van der Waals surface area contributed by atoms with Crippen molar-refractivity contribution in [3.63, 3.8) is 0 Å². The summed E-state index contributed by atoms with van der Waals surface area (Å²) in [5, 5.41) is 13.8. The molecule has 1 aliphatic rings. The monoisotopic (exact) mass is 312 g/mol. The van der Waals surface area contributed by atoms with Gasteiger partial charge in [-0.1, -0.05) is 28.1 Å². The molecular weight excluding hydrogens is 292 g/mol. The SMILES string of the molecule is CN(Cc1ccc(Br)cc1)C1CNCCC1(C)O. The van der Waals surface area contributed by atoms with Gasteiger partial charge in [-0.15, -0.1) is 0 Å². The van der Waals surface area contributed by atoms with Crippen molar-refractivity contribution in [1.29, 1.82) is 0 Å². The van der Waals surface area contributed by atoms with Gasteiger partial charge in [-0.05, 0) is 44.6 Å². The predicted molar refractivity (Wildman–Crippen MR) is 77.5 cm³/mol. The fourth-order valence-corrected chi connectivity index (χ4v) is 2.85. The Hall–Kier alpha value is -0.420. The molecule has 0 bridgehead atoms. The van der Waals surface area contributed by atoms with Crippen LogP contribution in [0.4, 0.5) is 0 Å². The summed E-state index contributed by atoms with van der Waals surface area (Å²) in [6.07, 6.45) is 0.808. The van der Waals surface area contributed by atoms with Crippen molar-refractivity contribution < 1.29 is 5.11 Å². The fraction of sp³-hybridized carbons (Fsp3) is 0.571. The Kier molecular flexibility index (Phi) is 4.43. The summed E-state index contributed by atoms with van der Waals surface area (Å²) in [6.45, 7) is 4.54. The third kappa shape index (κ3) is 3.32.